The molecule has 1 atom stereocenters. The van der Waals surface area contributed by atoms with Crippen LogP contribution in [0.2, 0.25) is 0 Å². The van der Waals surface area contributed by atoms with Crippen LogP contribution in [0, 0.1) is 0 Å². The summed E-state index contributed by atoms with van der Waals surface area (Å²) >= 11 is 0. The molecule has 0 amide bonds. The van der Waals surface area contributed by atoms with Gasteiger partial charge in [-0.05, 0) is 12.8 Å². The Kier molecular flexibility index (Phi) is 1.82. The number of ether oxygens (including phenoxy) is 1. The maximum absolute atomic E-state index is 10.8. The van der Waals surface area contributed by atoms with Gasteiger partial charge in [0.15, 0.2) is 6.23 Å². The van der Waals surface area contributed by atoms with Gasteiger partial charge in [0, 0.05) is 19.5 Å². The Hall–Kier alpha value is -0.570. The quantitative estimate of drug-likeness (QED) is 0.523. The molecule has 0 radical (unpaired) electrons. The highest BCUT2D eigenvalue weighted by molar-refractivity contribution is 5.71. The molecule has 3 heteroatoms. The smallest absolute Gasteiger partial charge is 0.307 e. The first-order valence-electron chi connectivity index (χ1n) is 4.30. The maximum Gasteiger partial charge on any atom is 0.307 e. The van der Waals surface area contributed by atoms with Crippen molar-refractivity contribution in [1.82, 2.24) is 4.90 Å². The van der Waals surface area contributed by atoms with Gasteiger partial charge in [-0.15, -0.1) is 0 Å². The Bertz CT molecular complexity index is 163. The minimum atomic E-state index is -0.0260. The topological polar surface area (TPSA) is 29.5 Å². The van der Waals surface area contributed by atoms with Crippen LogP contribution in [-0.4, -0.2) is 30.2 Å². The molecular formula is C8H13NO2. The van der Waals surface area contributed by atoms with Gasteiger partial charge < -0.3 is 4.74 Å². The van der Waals surface area contributed by atoms with Crippen LogP contribution in [0.5, 0.6) is 0 Å². The Balaban J connectivity index is 1.90. The van der Waals surface area contributed by atoms with E-state index < -0.39 is 0 Å². The van der Waals surface area contributed by atoms with E-state index in [4.69, 9.17) is 4.74 Å². The van der Waals surface area contributed by atoms with E-state index in [1.54, 1.807) is 0 Å². The maximum atomic E-state index is 10.8. The third-order valence-corrected chi connectivity index (χ3v) is 2.41. The van der Waals surface area contributed by atoms with Crippen LogP contribution < -0.4 is 0 Å². The van der Waals surface area contributed by atoms with Gasteiger partial charge >= 0.3 is 5.97 Å². The molecule has 0 aromatic carbocycles. The Labute approximate surface area is 66.3 Å². The molecule has 0 aromatic heterocycles. The average Bonchev–Trinajstić information content (AvgIpc) is 2.55. The van der Waals surface area contributed by atoms with Crippen LogP contribution in [-0.2, 0) is 9.53 Å². The summed E-state index contributed by atoms with van der Waals surface area (Å²) in [6.45, 7) is 2.22. The number of esters is 1. The fourth-order valence-corrected chi connectivity index (χ4v) is 1.80. The van der Waals surface area contributed by atoms with E-state index >= 15 is 0 Å². The molecule has 62 valence electrons. The van der Waals surface area contributed by atoms with E-state index in [1.165, 1.54) is 12.8 Å². The molecule has 0 spiro atoms. The zero-order valence-corrected chi connectivity index (χ0v) is 6.58. The minimum Gasteiger partial charge on any atom is -0.446 e. The van der Waals surface area contributed by atoms with E-state index in [0.29, 0.717) is 6.42 Å². The first-order chi connectivity index (χ1) is 5.36. The first-order valence-corrected chi connectivity index (χ1v) is 4.30. The van der Waals surface area contributed by atoms with Gasteiger partial charge in [0.25, 0.3) is 0 Å². The van der Waals surface area contributed by atoms with Crippen LogP contribution in [0.25, 0.3) is 0 Å². The van der Waals surface area contributed by atoms with Crippen LogP contribution in [0.15, 0.2) is 0 Å². The number of carbonyl (C=O) groups excluding carboxylic acids is 1. The van der Waals surface area contributed by atoms with Gasteiger partial charge in [-0.25, -0.2) is 0 Å². The predicted octanol–water partition coefficient (Wildman–Crippen LogP) is 0.745. The van der Waals surface area contributed by atoms with Crippen molar-refractivity contribution < 1.29 is 9.53 Å². The van der Waals surface area contributed by atoms with Crippen LogP contribution in [0.4, 0.5) is 0 Å². The molecule has 11 heavy (non-hydrogen) atoms. The number of cyclic esters (lactones) is 1. The molecule has 2 rings (SSSR count). The first kappa shape index (κ1) is 7.10. The van der Waals surface area contributed by atoms with Gasteiger partial charge in [-0.1, -0.05) is 0 Å². The molecule has 2 fully saturated rings. The molecule has 0 bridgehead atoms. The zero-order chi connectivity index (χ0) is 7.68. The normalized spacial score (nSPS) is 32.7. The lowest BCUT2D eigenvalue weighted by Gasteiger charge is -2.20. The van der Waals surface area contributed by atoms with E-state index in [0.717, 1.165) is 19.5 Å². The minimum absolute atomic E-state index is 0.0260. The summed E-state index contributed by atoms with van der Waals surface area (Å²) in [6, 6.07) is 0. The lowest BCUT2D eigenvalue weighted by atomic mass is 10.3. The van der Waals surface area contributed by atoms with E-state index in [2.05, 4.69) is 4.90 Å². The van der Waals surface area contributed by atoms with Crippen molar-refractivity contribution in [3.05, 3.63) is 0 Å². The van der Waals surface area contributed by atoms with E-state index in [9.17, 15) is 4.79 Å². The summed E-state index contributed by atoms with van der Waals surface area (Å²) in [4.78, 5) is 13.0. The predicted molar refractivity (Wildman–Crippen MR) is 39.9 cm³/mol. The molecule has 1 unspecified atom stereocenters. The molecule has 0 N–H and O–H groups in total. The fourth-order valence-electron chi connectivity index (χ4n) is 1.80. The monoisotopic (exact) mass is 155 g/mol. The van der Waals surface area contributed by atoms with Crippen molar-refractivity contribution in [2.75, 3.05) is 13.1 Å². The number of likely N-dealkylation sites (tertiary alicyclic amines) is 1. The van der Waals surface area contributed by atoms with Gasteiger partial charge in [-0.2, -0.15) is 0 Å². The molecule has 0 saturated carbocycles. The molecule has 0 aliphatic carbocycles. The fraction of sp³-hybridized carbons (Fsp3) is 0.875. The highest BCUT2D eigenvalue weighted by Crippen LogP contribution is 2.21. The molecule has 0 aromatic rings. The second kappa shape index (κ2) is 2.81. The van der Waals surface area contributed by atoms with Crippen LogP contribution in [0.1, 0.15) is 25.7 Å². The number of nitrogens with zero attached hydrogens (tertiary/aromatic N) is 1. The Morgan fingerprint density at radius 1 is 1.36 bits per heavy atom. The summed E-state index contributed by atoms with van der Waals surface area (Å²) in [5.41, 5.74) is 0. The third kappa shape index (κ3) is 1.38. The average molecular weight is 155 g/mol. The van der Waals surface area contributed by atoms with Crippen molar-refractivity contribution in [1.29, 1.82) is 0 Å². The van der Waals surface area contributed by atoms with Crippen molar-refractivity contribution >= 4 is 5.97 Å². The Morgan fingerprint density at radius 3 is 2.64 bits per heavy atom. The molecule has 2 aliphatic heterocycles. The zero-order valence-electron chi connectivity index (χ0n) is 6.58. The van der Waals surface area contributed by atoms with Crippen molar-refractivity contribution in [3.63, 3.8) is 0 Å². The largest absolute Gasteiger partial charge is 0.446 e. The van der Waals surface area contributed by atoms with Gasteiger partial charge in [-0.3, -0.25) is 9.69 Å². The lowest BCUT2D eigenvalue weighted by Crippen LogP contribution is -2.32. The van der Waals surface area contributed by atoms with Crippen molar-refractivity contribution in [2.24, 2.45) is 0 Å². The standard InChI is InChI=1S/C8H13NO2/c10-8-4-3-7(11-8)9-5-1-2-6-9/h7H,1-6H2. The van der Waals surface area contributed by atoms with Crippen molar-refractivity contribution in [3.8, 4) is 0 Å². The number of carbonyl (C=O) groups is 1. The van der Waals surface area contributed by atoms with E-state index in [1.807, 2.05) is 0 Å². The highest BCUT2D eigenvalue weighted by atomic mass is 16.6. The number of hydrogen-bond acceptors (Lipinski definition) is 3. The SMILES string of the molecule is O=C1CCC(N2CCCC2)O1. The molecule has 2 heterocycles. The van der Waals surface area contributed by atoms with Crippen molar-refractivity contribution in [2.45, 2.75) is 31.9 Å². The lowest BCUT2D eigenvalue weighted by molar-refractivity contribution is -0.147. The Morgan fingerprint density at radius 2 is 2.09 bits per heavy atom. The second-order valence-corrected chi connectivity index (χ2v) is 3.23. The summed E-state index contributed by atoms with van der Waals surface area (Å²) in [7, 11) is 0. The third-order valence-electron chi connectivity index (χ3n) is 2.41. The van der Waals surface area contributed by atoms with Gasteiger partial charge in [0.1, 0.15) is 0 Å². The summed E-state index contributed by atoms with van der Waals surface area (Å²) in [6.07, 6.45) is 4.15. The van der Waals surface area contributed by atoms with Crippen LogP contribution in [0.3, 0.4) is 0 Å². The highest BCUT2D eigenvalue weighted by Gasteiger charge is 2.30. The number of hydrogen-bond donors (Lipinski definition) is 0. The molecular weight excluding hydrogens is 142 g/mol. The molecule has 2 aliphatic rings. The summed E-state index contributed by atoms with van der Waals surface area (Å²) < 4.78 is 5.13. The molecule has 3 nitrogen and oxygen atoms in total. The summed E-state index contributed by atoms with van der Waals surface area (Å²) in [5, 5.41) is 0. The second-order valence-electron chi connectivity index (χ2n) is 3.23. The van der Waals surface area contributed by atoms with E-state index in [-0.39, 0.29) is 12.2 Å². The molecule has 2 saturated heterocycles. The number of rotatable bonds is 1. The summed E-state index contributed by atoms with van der Waals surface area (Å²) in [5.74, 6) is -0.0260. The van der Waals surface area contributed by atoms with Gasteiger partial charge in [0.2, 0.25) is 0 Å². The van der Waals surface area contributed by atoms with Crippen LogP contribution >= 0.6 is 0 Å². The van der Waals surface area contributed by atoms with Gasteiger partial charge in [0.05, 0.1) is 6.42 Å².